The highest BCUT2D eigenvalue weighted by Crippen LogP contribution is 2.40. The van der Waals surface area contributed by atoms with Gasteiger partial charge in [-0.25, -0.2) is 0 Å². The van der Waals surface area contributed by atoms with Gasteiger partial charge >= 0.3 is 0 Å². The maximum absolute atomic E-state index is 9.61. The molecule has 2 saturated carbocycles. The zero-order valence-electron chi connectivity index (χ0n) is 9.85. The summed E-state index contributed by atoms with van der Waals surface area (Å²) in [5, 5.41) is 9.61. The fourth-order valence-corrected chi connectivity index (χ4v) is 3.30. The van der Waals surface area contributed by atoms with Gasteiger partial charge in [0.2, 0.25) is 0 Å². The van der Waals surface area contributed by atoms with Crippen molar-refractivity contribution in [2.75, 3.05) is 0 Å². The van der Waals surface area contributed by atoms with E-state index < -0.39 is 0 Å². The smallest absolute Gasteiger partial charge is 0.0847 e. The SMILES string of the molecule is OC1CCCC(/C=C/C2CCC3OC3C2)C1. The molecule has 0 amide bonds. The number of aliphatic hydroxyl groups is 1. The van der Waals surface area contributed by atoms with Crippen molar-refractivity contribution >= 4 is 0 Å². The molecule has 0 aromatic carbocycles. The Morgan fingerprint density at radius 2 is 1.69 bits per heavy atom. The minimum atomic E-state index is -0.0501. The molecule has 2 aliphatic carbocycles. The molecule has 1 N–H and O–H groups in total. The van der Waals surface area contributed by atoms with Gasteiger partial charge in [0.05, 0.1) is 18.3 Å². The number of fused-ring (bicyclic) bond motifs is 1. The van der Waals surface area contributed by atoms with Gasteiger partial charge in [-0.15, -0.1) is 0 Å². The molecule has 1 aliphatic heterocycles. The quantitative estimate of drug-likeness (QED) is 0.575. The molecule has 0 aromatic heterocycles. The van der Waals surface area contributed by atoms with Gasteiger partial charge in [-0.05, 0) is 50.4 Å². The van der Waals surface area contributed by atoms with E-state index in [-0.39, 0.29) is 6.10 Å². The predicted molar refractivity (Wildman–Crippen MR) is 63.1 cm³/mol. The summed E-state index contributed by atoms with van der Waals surface area (Å²) in [6.07, 6.45) is 14.1. The molecule has 5 unspecified atom stereocenters. The van der Waals surface area contributed by atoms with E-state index in [1.165, 1.54) is 32.1 Å². The van der Waals surface area contributed by atoms with Crippen LogP contribution < -0.4 is 0 Å². The van der Waals surface area contributed by atoms with Crippen molar-refractivity contribution in [2.45, 2.75) is 63.3 Å². The monoisotopic (exact) mass is 222 g/mol. The minimum Gasteiger partial charge on any atom is -0.393 e. The average molecular weight is 222 g/mol. The van der Waals surface area contributed by atoms with Crippen molar-refractivity contribution in [1.82, 2.24) is 0 Å². The lowest BCUT2D eigenvalue weighted by atomic mass is 9.84. The maximum Gasteiger partial charge on any atom is 0.0847 e. The molecular weight excluding hydrogens is 200 g/mol. The van der Waals surface area contributed by atoms with Gasteiger partial charge in [0.15, 0.2) is 0 Å². The van der Waals surface area contributed by atoms with Gasteiger partial charge in [0.25, 0.3) is 0 Å². The Morgan fingerprint density at radius 3 is 2.44 bits per heavy atom. The van der Waals surface area contributed by atoms with Gasteiger partial charge in [-0.3, -0.25) is 0 Å². The first-order valence-corrected chi connectivity index (χ1v) is 6.83. The summed E-state index contributed by atoms with van der Waals surface area (Å²) in [4.78, 5) is 0. The first-order chi connectivity index (χ1) is 7.81. The van der Waals surface area contributed by atoms with E-state index in [0.717, 1.165) is 18.8 Å². The second kappa shape index (κ2) is 4.50. The lowest BCUT2D eigenvalue weighted by Crippen LogP contribution is -2.18. The molecular formula is C14H22O2. The molecule has 0 radical (unpaired) electrons. The summed E-state index contributed by atoms with van der Waals surface area (Å²) in [7, 11) is 0. The van der Waals surface area contributed by atoms with Crippen LogP contribution in [0.5, 0.6) is 0 Å². The number of epoxide rings is 1. The van der Waals surface area contributed by atoms with Crippen LogP contribution in [0.25, 0.3) is 0 Å². The van der Waals surface area contributed by atoms with E-state index >= 15 is 0 Å². The average Bonchev–Trinajstić information content (AvgIpc) is 3.04. The van der Waals surface area contributed by atoms with E-state index in [4.69, 9.17) is 4.74 Å². The Bertz CT molecular complexity index is 266. The van der Waals surface area contributed by atoms with Crippen molar-refractivity contribution in [3.8, 4) is 0 Å². The molecule has 2 heteroatoms. The Kier molecular flexibility index (Phi) is 3.03. The fraction of sp³-hybridized carbons (Fsp3) is 0.857. The number of allylic oxidation sites excluding steroid dienone is 2. The highest BCUT2D eigenvalue weighted by molar-refractivity contribution is 5.01. The van der Waals surface area contributed by atoms with E-state index in [0.29, 0.717) is 18.1 Å². The van der Waals surface area contributed by atoms with E-state index in [2.05, 4.69) is 12.2 Å². The Balaban J connectivity index is 1.49. The van der Waals surface area contributed by atoms with Gasteiger partial charge in [0.1, 0.15) is 0 Å². The second-order valence-electron chi connectivity index (χ2n) is 5.75. The Morgan fingerprint density at radius 1 is 0.875 bits per heavy atom. The summed E-state index contributed by atoms with van der Waals surface area (Å²) >= 11 is 0. The van der Waals surface area contributed by atoms with E-state index in [9.17, 15) is 5.11 Å². The maximum atomic E-state index is 9.61. The Labute approximate surface area is 97.7 Å². The standard InChI is InChI=1S/C14H22O2/c15-12-3-1-2-10(8-12)4-5-11-6-7-13-14(9-11)16-13/h4-5,10-15H,1-3,6-9H2/b5-4+. The fourth-order valence-electron chi connectivity index (χ4n) is 3.30. The van der Waals surface area contributed by atoms with Crippen LogP contribution in [0.3, 0.4) is 0 Å². The number of rotatable bonds is 2. The summed E-state index contributed by atoms with van der Waals surface area (Å²) in [6.45, 7) is 0. The van der Waals surface area contributed by atoms with Gasteiger partial charge in [-0.2, -0.15) is 0 Å². The van der Waals surface area contributed by atoms with Crippen LogP contribution in [-0.4, -0.2) is 23.4 Å². The third kappa shape index (κ3) is 2.49. The molecule has 1 saturated heterocycles. The van der Waals surface area contributed by atoms with Crippen LogP contribution in [-0.2, 0) is 4.74 Å². The summed E-state index contributed by atoms with van der Waals surface area (Å²) in [6, 6.07) is 0. The van der Waals surface area contributed by atoms with Crippen LogP contribution >= 0.6 is 0 Å². The van der Waals surface area contributed by atoms with Crippen LogP contribution in [0.4, 0.5) is 0 Å². The molecule has 3 rings (SSSR count). The zero-order valence-corrected chi connectivity index (χ0v) is 9.85. The number of hydrogen-bond acceptors (Lipinski definition) is 2. The van der Waals surface area contributed by atoms with Crippen molar-refractivity contribution in [3.05, 3.63) is 12.2 Å². The third-order valence-electron chi connectivity index (χ3n) is 4.39. The molecule has 1 heterocycles. The number of ether oxygens (including phenoxy) is 1. The molecule has 3 fully saturated rings. The summed E-state index contributed by atoms with van der Waals surface area (Å²) in [5.41, 5.74) is 0. The van der Waals surface area contributed by atoms with Gasteiger partial charge in [0, 0.05) is 0 Å². The lowest BCUT2D eigenvalue weighted by molar-refractivity contribution is 0.113. The molecule has 0 bridgehead atoms. The number of aliphatic hydroxyl groups excluding tert-OH is 1. The zero-order chi connectivity index (χ0) is 11.0. The highest BCUT2D eigenvalue weighted by Gasteiger charge is 2.43. The molecule has 5 atom stereocenters. The van der Waals surface area contributed by atoms with Crippen LogP contribution in [0.1, 0.15) is 44.9 Å². The molecule has 0 aromatic rings. The van der Waals surface area contributed by atoms with Crippen LogP contribution in [0.2, 0.25) is 0 Å². The highest BCUT2D eigenvalue weighted by atomic mass is 16.6. The minimum absolute atomic E-state index is 0.0501. The normalized spacial score (nSPS) is 47.9. The predicted octanol–water partition coefficient (Wildman–Crippen LogP) is 2.66. The van der Waals surface area contributed by atoms with Gasteiger partial charge < -0.3 is 9.84 Å². The first-order valence-electron chi connectivity index (χ1n) is 6.83. The van der Waals surface area contributed by atoms with Crippen LogP contribution in [0.15, 0.2) is 12.2 Å². The summed E-state index contributed by atoms with van der Waals surface area (Å²) < 4.78 is 5.54. The van der Waals surface area contributed by atoms with E-state index in [1.54, 1.807) is 0 Å². The number of hydrogen-bond donors (Lipinski definition) is 1. The Hall–Kier alpha value is -0.340. The molecule has 0 spiro atoms. The molecule has 16 heavy (non-hydrogen) atoms. The summed E-state index contributed by atoms with van der Waals surface area (Å²) in [5.74, 6) is 1.37. The van der Waals surface area contributed by atoms with Crippen molar-refractivity contribution < 1.29 is 9.84 Å². The lowest BCUT2D eigenvalue weighted by Gasteiger charge is -2.24. The molecule has 2 nitrogen and oxygen atoms in total. The molecule has 3 aliphatic rings. The third-order valence-corrected chi connectivity index (χ3v) is 4.39. The van der Waals surface area contributed by atoms with Gasteiger partial charge in [-0.1, -0.05) is 18.6 Å². The largest absolute Gasteiger partial charge is 0.393 e. The molecule has 90 valence electrons. The van der Waals surface area contributed by atoms with Crippen molar-refractivity contribution in [1.29, 1.82) is 0 Å². The van der Waals surface area contributed by atoms with Crippen molar-refractivity contribution in [3.63, 3.8) is 0 Å². The topological polar surface area (TPSA) is 32.8 Å². The van der Waals surface area contributed by atoms with Crippen molar-refractivity contribution in [2.24, 2.45) is 11.8 Å². The van der Waals surface area contributed by atoms with Crippen LogP contribution in [0, 0.1) is 11.8 Å². The second-order valence-corrected chi connectivity index (χ2v) is 5.75. The van der Waals surface area contributed by atoms with E-state index in [1.807, 2.05) is 0 Å². The first kappa shape index (κ1) is 10.8.